The smallest absolute Gasteiger partial charge is 0.318 e. The van der Waals surface area contributed by atoms with Crippen molar-refractivity contribution in [2.24, 2.45) is 0 Å². The van der Waals surface area contributed by atoms with Crippen molar-refractivity contribution in [3.63, 3.8) is 0 Å². The van der Waals surface area contributed by atoms with Crippen LogP contribution in [-0.2, 0) is 0 Å². The van der Waals surface area contributed by atoms with E-state index in [-0.39, 0.29) is 11.7 Å². The lowest BCUT2D eigenvalue weighted by Gasteiger charge is -2.11. The van der Waals surface area contributed by atoms with E-state index in [1.54, 1.807) is 18.2 Å². The fourth-order valence-corrected chi connectivity index (χ4v) is 2.32. The summed E-state index contributed by atoms with van der Waals surface area (Å²) in [5.74, 6) is 2.97. The second-order valence-corrected chi connectivity index (χ2v) is 5.10. The molecule has 0 radical (unpaired) electrons. The van der Waals surface area contributed by atoms with Crippen LogP contribution in [0.25, 0.3) is 10.9 Å². The van der Waals surface area contributed by atoms with Gasteiger partial charge in [0.15, 0.2) is 0 Å². The first-order valence-corrected chi connectivity index (χ1v) is 7.53. The number of aromatic nitrogens is 2. The number of ether oxygens (including phenoxy) is 1. The molecule has 3 rings (SSSR count). The van der Waals surface area contributed by atoms with E-state index in [2.05, 4.69) is 21.2 Å². The van der Waals surface area contributed by atoms with E-state index in [1.165, 1.54) is 12.1 Å². The molecule has 0 aliphatic carbocycles. The van der Waals surface area contributed by atoms with E-state index >= 15 is 0 Å². The van der Waals surface area contributed by atoms with Crippen molar-refractivity contribution in [1.29, 1.82) is 0 Å². The van der Waals surface area contributed by atoms with Crippen LogP contribution in [0.5, 0.6) is 6.01 Å². The Balaban J connectivity index is 2.13. The molecule has 1 aromatic heterocycles. The summed E-state index contributed by atoms with van der Waals surface area (Å²) in [6.07, 6.45) is 5.42. The Morgan fingerprint density at radius 3 is 2.84 bits per heavy atom. The maximum atomic E-state index is 11.1. The number of rotatable bonds is 5. The third kappa shape index (κ3) is 3.48. The van der Waals surface area contributed by atoms with E-state index in [0.29, 0.717) is 34.6 Å². The van der Waals surface area contributed by atoms with Crippen molar-refractivity contribution >= 4 is 28.1 Å². The van der Waals surface area contributed by atoms with Crippen molar-refractivity contribution in [1.82, 2.24) is 9.97 Å². The van der Waals surface area contributed by atoms with Crippen LogP contribution < -0.4 is 10.1 Å². The molecule has 0 aliphatic heterocycles. The molecule has 0 unspecified atom stereocenters. The monoisotopic (exact) mass is 334 g/mol. The minimum Gasteiger partial charge on any atom is -0.464 e. The lowest BCUT2D eigenvalue weighted by Crippen LogP contribution is -2.02. The molecule has 0 spiro atoms. The fourth-order valence-electron chi connectivity index (χ4n) is 2.32. The first kappa shape index (κ1) is 16.2. The van der Waals surface area contributed by atoms with Gasteiger partial charge in [-0.2, -0.15) is 9.97 Å². The van der Waals surface area contributed by atoms with Crippen LogP contribution in [0.3, 0.4) is 0 Å². The fraction of sp³-hybridized carbons (Fsp3) is 0.111. The summed E-state index contributed by atoms with van der Waals surface area (Å²) in [6, 6.07) is 11.8. The quantitative estimate of drug-likeness (QED) is 0.435. The summed E-state index contributed by atoms with van der Waals surface area (Å²) in [6.45, 7) is 2.23. The van der Waals surface area contributed by atoms with Gasteiger partial charge in [0.05, 0.1) is 22.4 Å². The van der Waals surface area contributed by atoms with Gasteiger partial charge in [0.2, 0.25) is 0 Å². The SMILES string of the molecule is C#Cc1cccc(Nc2nc(OCC)nc3ccc([N+](=O)[O-])cc23)c1. The molecule has 124 valence electrons. The summed E-state index contributed by atoms with van der Waals surface area (Å²) in [5.41, 5.74) is 1.92. The average Bonchev–Trinajstić information content (AvgIpc) is 2.62. The number of nitro groups is 1. The number of anilines is 2. The third-order valence-corrected chi connectivity index (χ3v) is 3.44. The number of terminal acetylenes is 1. The highest BCUT2D eigenvalue weighted by molar-refractivity contribution is 5.92. The highest BCUT2D eigenvalue weighted by Gasteiger charge is 2.14. The van der Waals surface area contributed by atoms with Gasteiger partial charge in [-0.3, -0.25) is 10.1 Å². The minimum atomic E-state index is -0.460. The van der Waals surface area contributed by atoms with Gasteiger partial charge in [-0.15, -0.1) is 6.42 Å². The molecular weight excluding hydrogens is 320 g/mol. The number of fused-ring (bicyclic) bond motifs is 1. The largest absolute Gasteiger partial charge is 0.464 e. The Morgan fingerprint density at radius 1 is 1.28 bits per heavy atom. The minimum absolute atomic E-state index is 0.0410. The van der Waals surface area contributed by atoms with Crippen molar-refractivity contribution < 1.29 is 9.66 Å². The maximum Gasteiger partial charge on any atom is 0.318 e. The highest BCUT2D eigenvalue weighted by Crippen LogP contribution is 2.29. The van der Waals surface area contributed by atoms with Crippen LogP contribution in [0.4, 0.5) is 17.2 Å². The third-order valence-electron chi connectivity index (χ3n) is 3.44. The van der Waals surface area contributed by atoms with Crippen molar-refractivity contribution in [3.05, 3.63) is 58.1 Å². The second kappa shape index (κ2) is 6.84. The predicted octanol–water partition coefficient (Wildman–Crippen LogP) is 3.66. The summed E-state index contributed by atoms with van der Waals surface area (Å²) < 4.78 is 5.39. The summed E-state index contributed by atoms with van der Waals surface area (Å²) in [7, 11) is 0. The molecule has 0 aliphatic rings. The summed E-state index contributed by atoms with van der Waals surface area (Å²) in [4.78, 5) is 19.2. The molecule has 1 N–H and O–H groups in total. The van der Waals surface area contributed by atoms with Crippen LogP contribution in [0, 0.1) is 22.5 Å². The molecule has 2 aromatic carbocycles. The topological polar surface area (TPSA) is 90.2 Å². The Morgan fingerprint density at radius 2 is 2.12 bits per heavy atom. The van der Waals surface area contributed by atoms with Gasteiger partial charge in [0, 0.05) is 23.4 Å². The summed E-state index contributed by atoms with van der Waals surface area (Å²) in [5, 5.41) is 14.7. The first-order valence-electron chi connectivity index (χ1n) is 7.53. The zero-order chi connectivity index (χ0) is 17.8. The first-order chi connectivity index (χ1) is 12.1. The number of non-ortho nitro benzene ring substituents is 1. The number of nitro benzene ring substituents is 1. The van der Waals surface area contributed by atoms with E-state index in [9.17, 15) is 10.1 Å². The normalized spacial score (nSPS) is 10.2. The van der Waals surface area contributed by atoms with Gasteiger partial charge in [-0.1, -0.05) is 12.0 Å². The molecule has 0 saturated heterocycles. The van der Waals surface area contributed by atoms with Gasteiger partial charge in [-0.05, 0) is 31.2 Å². The Kier molecular flexibility index (Phi) is 4.44. The molecule has 3 aromatic rings. The van der Waals surface area contributed by atoms with Crippen LogP contribution in [0.1, 0.15) is 12.5 Å². The zero-order valence-electron chi connectivity index (χ0n) is 13.4. The maximum absolute atomic E-state index is 11.1. The van der Waals surface area contributed by atoms with Crippen molar-refractivity contribution in [2.45, 2.75) is 6.92 Å². The lowest BCUT2D eigenvalue weighted by atomic mass is 10.2. The van der Waals surface area contributed by atoms with Gasteiger partial charge in [-0.25, -0.2) is 0 Å². The van der Waals surface area contributed by atoms with Crippen LogP contribution in [-0.4, -0.2) is 21.5 Å². The van der Waals surface area contributed by atoms with Crippen LogP contribution in [0.15, 0.2) is 42.5 Å². The number of hydrogen-bond donors (Lipinski definition) is 1. The molecule has 0 fully saturated rings. The Hall–Kier alpha value is -3.66. The molecule has 25 heavy (non-hydrogen) atoms. The van der Waals surface area contributed by atoms with Crippen molar-refractivity contribution in [3.8, 4) is 18.4 Å². The lowest BCUT2D eigenvalue weighted by molar-refractivity contribution is -0.384. The molecular formula is C18H14N4O3. The molecule has 0 bridgehead atoms. The van der Waals surface area contributed by atoms with Gasteiger partial charge in [0.25, 0.3) is 5.69 Å². The van der Waals surface area contributed by atoms with Gasteiger partial charge >= 0.3 is 6.01 Å². The average molecular weight is 334 g/mol. The van der Waals surface area contributed by atoms with E-state index in [4.69, 9.17) is 11.2 Å². The van der Waals surface area contributed by atoms with Gasteiger partial charge in [0.1, 0.15) is 5.82 Å². The van der Waals surface area contributed by atoms with Gasteiger partial charge < -0.3 is 10.1 Å². The molecule has 0 saturated carbocycles. The number of benzene rings is 2. The van der Waals surface area contributed by atoms with Crippen molar-refractivity contribution in [2.75, 3.05) is 11.9 Å². The number of hydrogen-bond acceptors (Lipinski definition) is 6. The van der Waals surface area contributed by atoms with E-state index in [0.717, 1.165) is 0 Å². The van der Waals surface area contributed by atoms with E-state index < -0.39 is 4.92 Å². The highest BCUT2D eigenvalue weighted by atomic mass is 16.6. The standard InChI is InChI=1S/C18H14N4O3/c1-3-12-6-5-7-13(10-12)19-17-15-11-14(22(23)24)8-9-16(15)20-18(21-17)25-4-2/h1,5-11H,4H2,2H3,(H,19,20,21). The van der Waals surface area contributed by atoms with E-state index in [1.807, 2.05) is 19.1 Å². The van der Waals surface area contributed by atoms with Crippen LogP contribution in [0.2, 0.25) is 0 Å². The second-order valence-electron chi connectivity index (χ2n) is 5.10. The number of nitrogens with one attached hydrogen (secondary N) is 1. The Bertz CT molecular complexity index is 995. The molecule has 7 heteroatoms. The zero-order valence-corrected chi connectivity index (χ0v) is 13.4. The molecule has 0 amide bonds. The predicted molar refractivity (Wildman–Crippen MR) is 95.0 cm³/mol. The van der Waals surface area contributed by atoms with Crippen LogP contribution >= 0.6 is 0 Å². The summed E-state index contributed by atoms with van der Waals surface area (Å²) >= 11 is 0. The molecule has 7 nitrogen and oxygen atoms in total. The molecule has 0 atom stereocenters. The Labute approximate surface area is 143 Å². The molecule has 1 heterocycles. The number of nitrogens with zero attached hydrogens (tertiary/aromatic N) is 3.